The Hall–Kier alpha value is -1.93. The number of hydrogen-bond donors (Lipinski definition) is 0. The number of nitrogens with zero attached hydrogens (tertiary/aromatic N) is 3. The Morgan fingerprint density at radius 1 is 1.71 bits per heavy atom. The molecule has 0 radical (unpaired) electrons. The van der Waals surface area contributed by atoms with Gasteiger partial charge in [0.1, 0.15) is 11.3 Å². The van der Waals surface area contributed by atoms with Gasteiger partial charge in [-0.05, 0) is 6.08 Å². The number of halogens is 1. The van der Waals surface area contributed by atoms with Gasteiger partial charge in [0, 0.05) is 17.7 Å². The average Bonchev–Trinajstić information content (AvgIpc) is 2.16. The lowest BCUT2D eigenvalue weighted by Crippen LogP contribution is -1.90. The van der Waals surface area contributed by atoms with Crippen LogP contribution in [0.3, 0.4) is 0 Å². The Morgan fingerprint density at radius 2 is 2.43 bits per heavy atom. The number of aromatic nitrogens is 1. The van der Waals surface area contributed by atoms with Crippen molar-refractivity contribution in [3.05, 3.63) is 39.2 Å². The highest BCUT2D eigenvalue weighted by Crippen LogP contribution is 2.19. The third kappa shape index (κ3) is 2.28. The lowest BCUT2D eigenvalue weighted by Gasteiger charge is -1.95. The smallest absolute Gasteiger partial charge is 0.258 e. The minimum absolute atomic E-state index is 0.127. The Balaban J connectivity index is 3.16. The topological polar surface area (TPSA) is 79.8 Å². The minimum Gasteiger partial charge on any atom is -0.258 e. The fourth-order valence-electron chi connectivity index (χ4n) is 0.797. The van der Waals surface area contributed by atoms with E-state index >= 15 is 0 Å². The number of pyridine rings is 1. The van der Waals surface area contributed by atoms with Gasteiger partial charge in [-0.1, -0.05) is 11.6 Å². The normalized spacial score (nSPS) is 10.0. The number of nitriles is 1. The van der Waals surface area contributed by atoms with E-state index in [0.717, 1.165) is 6.20 Å². The first kappa shape index (κ1) is 10.2. The maximum Gasteiger partial charge on any atom is 0.288 e. The molecule has 6 heteroatoms. The summed E-state index contributed by atoms with van der Waals surface area (Å²) in [5, 5.41) is 18.8. The standard InChI is InChI=1S/C8H4ClN3O2/c9-8-6(2-1-3-10)4-7(5-11-8)12(13)14/h1-2,4-5H. The van der Waals surface area contributed by atoms with Crippen molar-refractivity contribution in [2.75, 3.05) is 0 Å². The van der Waals surface area contributed by atoms with Crippen LogP contribution in [-0.4, -0.2) is 9.91 Å². The predicted molar refractivity (Wildman–Crippen MR) is 50.5 cm³/mol. The molecule has 0 amide bonds. The van der Waals surface area contributed by atoms with Crippen molar-refractivity contribution >= 4 is 23.4 Å². The molecule has 14 heavy (non-hydrogen) atoms. The summed E-state index contributed by atoms with van der Waals surface area (Å²) in [6, 6.07) is 3.01. The van der Waals surface area contributed by atoms with Crippen molar-refractivity contribution in [2.45, 2.75) is 0 Å². The maximum atomic E-state index is 10.4. The Morgan fingerprint density at radius 3 is 3.00 bits per heavy atom. The van der Waals surface area contributed by atoms with E-state index in [2.05, 4.69) is 4.98 Å². The molecule has 0 saturated heterocycles. The van der Waals surface area contributed by atoms with Crippen LogP contribution in [0.2, 0.25) is 5.15 Å². The predicted octanol–water partition coefficient (Wildman–Crippen LogP) is 2.18. The summed E-state index contributed by atoms with van der Waals surface area (Å²) < 4.78 is 0. The fraction of sp³-hybridized carbons (Fsp3) is 0. The van der Waals surface area contributed by atoms with Gasteiger partial charge in [-0.3, -0.25) is 10.1 Å². The van der Waals surface area contributed by atoms with Gasteiger partial charge in [-0.2, -0.15) is 5.26 Å². The van der Waals surface area contributed by atoms with Gasteiger partial charge in [-0.25, -0.2) is 4.98 Å². The monoisotopic (exact) mass is 209 g/mol. The van der Waals surface area contributed by atoms with Crippen LogP contribution in [0.1, 0.15) is 5.56 Å². The van der Waals surface area contributed by atoms with E-state index in [-0.39, 0.29) is 10.8 Å². The SMILES string of the molecule is N#CC=Cc1cc([N+](=O)[O-])cnc1Cl. The summed E-state index contributed by atoms with van der Waals surface area (Å²) in [7, 11) is 0. The molecule has 0 atom stereocenters. The fourth-order valence-corrected chi connectivity index (χ4v) is 0.964. The zero-order valence-electron chi connectivity index (χ0n) is 6.85. The van der Waals surface area contributed by atoms with Crippen LogP contribution in [0.15, 0.2) is 18.3 Å². The van der Waals surface area contributed by atoms with Gasteiger partial charge in [0.15, 0.2) is 0 Å². The van der Waals surface area contributed by atoms with E-state index < -0.39 is 4.92 Å². The van der Waals surface area contributed by atoms with Crippen molar-refractivity contribution in [1.82, 2.24) is 4.98 Å². The summed E-state index contributed by atoms with van der Waals surface area (Å²) in [6.45, 7) is 0. The largest absolute Gasteiger partial charge is 0.288 e. The molecule has 0 N–H and O–H groups in total. The molecule has 70 valence electrons. The van der Waals surface area contributed by atoms with Crippen molar-refractivity contribution in [3.8, 4) is 6.07 Å². The molecule has 0 aliphatic heterocycles. The second-order valence-electron chi connectivity index (χ2n) is 2.29. The molecule has 0 spiro atoms. The van der Waals surface area contributed by atoms with Gasteiger partial charge in [-0.15, -0.1) is 0 Å². The summed E-state index contributed by atoms with van der Waals surface area (Å²) >= 11 is 5.64. The molecule has 1 aromatic heterocycles. The molecule has 0 bridgehead atoms. The molecular weight excluding hydrogens is 206 g/mol. The van der Waals surface area contributed by atoms with E-state index in [1.807, 2.05) is 0 Å². The molecule has 5 nitrogen and oxygen atoms in total. The lowest BCUT2D eigenvalue weighted by molar-refractivity contribution is -0.385. The quantitative estimate of drug-likeness (QED) is 0.324. The highest BCUT2D eigenvalue weighted by atomic mass is 35.5. The van der Waals surface area contributed by atoms with Crippen molar-refractivity contribution < 1.29 is 4.92 Å². The molecule has 1 heterocycles. The molecular formula is C8H4ClN3O2. The van der Waals surface area contributed by atoms with Crippen LogP contribution in [0.5, 0.6) is 0 Å². The summed E-state index contributed by atoms with van der Waals surface area (Å²) in [5.74, 6) is 0. The van der Waals surface area contributed by atoms with Crippen LogP contribution in [0.4, 0.5) is 5.69 Å². The van der Waals surface area contributed by atoms with E-state index in [1.165, 1.54) is 18.2 Å². The van der Waals surface area contributed by atoms with Gasteiger partial charge in [0.2, 0.25) is 0 Å². The third-order valence-corrected chi connectivity index (χ3v) is 1.72. The molecule has 0 saturated carbocycles. The molecule has 1 rings (SSSR count). The number of rotatable bonds is 2. The summed E-state index contributed by atoms with van der Waals surface area (Å²) in [4.78, 5) is 13.4. The van der Waals surface area contributed by atoms with Gasteiger partial charge in [0.25, 0.3) is 5.69 Å². The highest BCUT2D eigenvalue weighted by molar-refractivity contribution is 6.30. The summed E-state index contributed by atoms with van der Waals surface area (Å²) in [6.07, 6.45) is 3.60. The second-order valence-corrected chi connectivity index (χ2v) is 2.65. The first-order valence-corrected chi connectivity index (χ1v) is 3.89. The molecule has 0 aliphatic rings. The summed E-state index contributed by atoms with van der Waals surface area (Å²) in [5.41, 5.74) is 0.189. The van der Waals surface area contributed by atoms with Crippen LogP contribution in [0.25, 0.3) is 6.08 Å². The first-order chi connectivity index (χ1) is 6.65. The van der Waals surface area contributed by atoms with Crippen molar-refractivity contribution in [3.63, 3.8) is 0 Å². The van der Waals surface area contributed by atoms with Gasteiger partial charge in [0.05, 0.1) is 11.0 Å². The van der Waals surface area contributed by atoms with Crippen LogP contribution < -0.4 is 0 Å². The average molecular weight is 210 g/mol. The van der Waals surface area contributed by atoms with Gasteiger partial charge >= 0.3 is 0 Å². The minimum atomic E-state index is -0.576. The maximum absolute atomic E-state index is 10.4. The number of nitro groups is 1. The number of hydrogen-bond acceptors (Lipinski definition) is 4. The second kappa shape index (κ2) is 4.35. The molecule has 0 unspecified atom stereocenters. The third-order valence-electron chi connectivity index (χ3n) is 1.40. The Kier molecular flexibility index (Phi) is 3.15. The van der Waals surface area contributed by atoms with E-state index in [0.29, 0.717) is 5.56 Å². The Labute approximate surface area is 84.4 Å². The van der Waals surface area contributed by atoms with Crippen molar-refractivity contribution in [2.24, 2.45) is 0 Å². The highest BCUT2D eigenvalue weighted by Gasteiger charge is 2.08. The zero-order chi connectivity index (χ0) is 10.6. The van der Waals surface area contributed by atoms with Crippen LogP contribution in [0, 0.1) is 21.4 Å². The van der Waals surface area contributed by atoms with Crippen molar-refractivity contribution in [1.29, 1.82) is 5.26 Å². The zero-order valence-corrected chi connectivity index (χ0v) is 7.60. The van der Waals surface area contributed by atoms with E-state index in [9.17, 15) is 10.1 Å². The van der Waals surface area contributed by atoms with E-state index in [1.54, 1.807) is 6.07 Å². The Bertz CT molecular complexity index is 437. The molecule has 1 aromatic rings. The van der Waals surface area contributed by atoms with Crippen LogP contribution >= 0.6 is 11.6 Å². The van der Waals surface area contributed by atoms with Crippen LogP contribution in [-0.2, 0) is 0 Å². The lowest BCUT2D eigenvalue weighted by atomic mass is 10.2. The molecule has 0 aromatic carbocycles. The molecule has 0 fully saturated rings. The number of allylic oxidation sites excluding steroid dienone is 1. The molecule has 0 aliphatic carbocycles. The van der Waals surface area contributed by atoms with Gasteiger partial charge < -0.3 is 0 Å². The first-order valence-electron chi connectivity index (χ1n) is 3.51. The van der Waals surface area contributed by atoms with E-state index in [4.69, 9.17) is 16.9 Å².